The number of hydrogen-bond acceptors (Lipinski definition) is 9. The second kappa shape index (κ2) is 11.9. The van der Waals surface area contributed by atoms with Crippen molar-refractivity contribution in [3.05, 3.63) is 104 Å². The summed E-state index contributed by atoms with van der Waals surface area (Å²) >= 11 is 0. The van der Waals surface area contributed by atoms with Crippen LogP contribution in [0.3, 0.4) is 0 Å². The smallest absolute Gasteiger partial charge is 0.321 e. The van der Waals surface area contributed by atoms with Gasteiger partial charge in [0.2, 0.25) is 0 Å². The fraction of sp³-hybridized carbons (Fsp3) is 0.378. The van der Waals surface area contributed by atoms with Crippen molar-refractivity contribution in [3.8, 4) is 0 Å². The van der Waals surface area contributed by atoms with Crippen LogP contribution in [-0.2, 0) is 19.1 Å². The van der Waals surface area contributed by atoms with E-state index in [1.165, 1.54) is 7.11 Å². The summed E-state index contributed by atoms with van der Waals surface area (Å²) in [6.07, 6.45) is 9.29. The fourth-order valence-corrected chi connectivity index (χ4v) is 7.28. The van der Waals surface area contributed by atoms with Crippen LogP contribution in [0.2, 0.25) is 0 Å². The Morgan fingerprint density at radius 3 is 2.41 bits per heavy atom. The number of nitrogens with zero attached hydrogens (tertiary/aromatic N) is 3. The monoisotopic (exact) mass is 620 g/mol. The molecule has 8 bridgehead atoms. The van der Waals surface area contributed by atoms with E-state index < -0.39 is 11.9 Å². The van der Waals surface area contributed by atoms with Crippen molar-refractivity contribution in [2.75, 3.05) is 13.7 Å². The Balaban J connectivity index is 1.64. The maximum Gasteiger partial charge on any atom is 0.321 e. The van der Waals surface area contributed by atoms with E-state index in [1.807, 2.05) is 38.2 Å². The van der Waals surface area contributed by atoms with Gasteiger partial charge in [-0.2, -0.15) is 0 Å². The molecule has 0 amide bonds. The highest BCUT2D eigenvalue weighted by atomic mass is 16.5. The van der Waals surface area contributed by atoms with Crippen molar-refractivity contribution >= 4 is 29.1 Å². The van der Waals surface area contributed by atoms with Crippen molar-refractivity contribution < 1.29 is 24.2 Å². The first-order chi connectivity index (χ1) is 22.0. The zero-order valence-corrected chi connectivity index (χ0v) is 27.5. The van der Waals surface area contributed by atoms with Gasteiger partial charge in [-0.15, -0.1) is 0 Å². The number of allylic oxidation sites excluding steroid dienone is 11. The molecule has 9 heteroatoms. The van der Waals surface area contributed by atoms with Gasteiger partial charge in [0, 0.05) is 46.4 Å². The molecule has 0 saturated carbocycles. The standard InChI is InChI=1S/C37H40N4O5/c1-9-21-17(4)24-14-26-19(6)23(12-13-30(42)46-11-3)34(40-26)32-33(37(44)45-8)36(43)31-20(7)27(41-35(31)32)16-29-22(10-2)18(5)25(39-29)15-28(21)38-24/h9,14-16,19,23,33,40,43H,1,10-13H2,2-8H3/t19-,23?,33?/m0/s1. The third kappa shape index (κ3) is 4.80. The maximum atomic E-state index is 13.3. The molecule has 3 atom stereocenters. The molecule has 5 heterocycles. The zero-order chi connectivity index (χ0) is 33.0. The summed E-state index contributed by atoms with van der Waals surface area (Å²) in [5, 5.41) is 15.3. The Bertz CT molecular complexity index is 1850. The molecule has 238 valence electrons. The van der Waals surface area contributed by atoms with Crippen LogP contribution < -0.4 is 5.32 Å². The highest BCUT2D eigenvalue weighted by Crippen LogP contribution is 2.49. The molecule has 6 aliphatic rings. The third-order valence-corrected chi connectivity index (χ3v) is 9.83. The second-order valence-electron chi connectivity index (χ2n) is 12.2. The van der Waals surface area contributed by atoms with Crippen molar-refractivity contribution in [1.82, 2.24) is 5.32 Å². The number of aliphatic hydroxyl groups excluding tert-OH is 1. The molecule has 2 unspecified atom stereocenters. The van der Waals surface area contributed by atoms with Gasteiger partial charge in [-0.1, -0.05) is 26.5 Å². The number of methoxy groups -OCH3 is 1. The third-order valence-electron chi connectivity index (χ3n) is 9.83. The lowest BCUT2D eigenvalue weighted by atomic mass is 9.84. The van der Waals surface area contributed by atoms with Crippen molar-refractivity contribution in [2.45, 2.75) is 60.8 Å². The molecule has 1 saturated heterocycles. The molecule has 0 radical (unpaired) electrons. The highest BCUT2D eigenvalue weighted by molar-refractivity contribution is 6.24. The molecule has 0 spiro atoms. The number of fused-ring (bicyclic) bond motifs is 5. The summed E-state index contributed by atoms with van der Waals surface area (Å²) in [5.74, 6) is -2.29. The SMILES string of the molecule is C=CC1=C(C)C2=NC1=CC1=NC(=CC3=C(C)C4=C(O)C(C(=O)OC)C(=C5NC(=C2)[C@@H](C)C5CCC(=O)OCC)C4=N3)C(CC)=C1C. The second-order valence-corrected chi connectivity index (χ2v) is 12.2. The van der Waals surface area contributed by atoms with E-state index in [4.69, 9.17) is 24.5 Å². The molecule has 0 aromatic rings. The number of ether oxygens (including phenoxy) is 2. The van der Waals surface area contributed by atoms with Gasteiger partial charge in [-0.05, 0) is 81.1 Å². The lowest BCUT2D eigenvalue weighted by molar-refractivity contribution is -0.144. The molecular formula is C37H40N4O5. The summed E-state index contributed by atoms with van der Waals surface area (Å²) in [6, 6.07) is 0. The summed E-state index contributed by atoms with van der Waals surface area (Å²) < 4.78 is 10.5. The normalized spacial score (nSPS) is 25.0. The predicted molar refractivity (Wildman–Crippen MR) is 179 cm³/mol. The Hall–Kier alpha value is -4.79. The predicted octanol–water partition coefficient (Wildman–Crippen LogP) is 6.59. The van der Waals surface area contributed by atoms with Gasteiger partial charge < -0.3 is 19.9 Å². The van der Waals surface area contributed by atoms with E-state index in [2.05, 4.69) is 32.7 Å². The van der Waals surface area contributed by atoms with Crippen LogP contribution in [0.25, 0.3) is 0 Å². The van der Waals surface area contributed by atoms with E-state index >= 15 is 0 Å². The van der Waals surface area contributed by atoms with Gasteiger partial charge in [0.1, 0.15) is 11.7 Å². The average molecular weight is 621 g/mol. The van der Waals surface area contributed by atoms with Crippen LogP contribution in [0.1, 0.15) is 60.8 Å². The summed E-state index contributed by atoms with van der Waals surface area (Å²) in [5.41, 5.74) is 12.0. The van der Waals surface area contributed by atoms with Gasteiger partial charge in [0.15, 0.2) is 0 Å². The van der Waals surface area contributed by atoms with E-state index in [1.54, 1.807) is 6.92 Å². The van der Waals surface area contributed by atoms with Crippen LogP contribution in [0.5, 0.6) is 0 Å². The van der Waals surface area contributed by atoms with Crippen LogP contribution in [0.15, 0.2) is 119 Å². The molecular weight excluding hydrogens is 580 g/mol. The lowest BCUT2D eigenvalue weighted by Crippen LogP contribution is -2.25. The number of nitrogens with one attached hydrogen (secondary N) is 1. The minimum atomic E-state index is -1.06. The average Bonchev–Trinajstić information content (AvgIpc) is 3.77. The van der Waals surface area contributed by atoms with Crippen molar-refractivity contribution in [3.63, 3.8) is 0 Å². The number of aliphatic imine (C=N–C) groups is 3. The summed E-state index contributed by atoms with van der Waals surface area (Å²) in [7, 11) is 1.32. The Labute approximate surface area is 269 Å². The van der Waals surface area contributed by atoms with Gasteiger partial charge in [-0.3, -0.25) is 9.59 Å². The molecule has 0 aromatic carbocycles. The maximum absolute atomic E-state index is 13.3. The number of rotatable bonds is 7. The highest BCUT2D eigenvalue weighted by Gasteiger charge is 2.49. The van der Waals surface area contributed by atoms with Gasteiger partial charge in [-0.25, -0.2) is 15.0 Å². The van der Waals surface area contributed by atoms with Crippen LogP contribution in [0.4, 0.5) is 0 Å². The number of carbonyl (C=O) groups excluding carboxylic acids is 2. The van der Waals surface area contributed by atoms with E-state index in [-0.39, 0.29) is 30.0 Å². The van der Waals surface area contributed by atoms with E-state index in [0.717, 1.165) is 68.5 Å². The number of aliphatic hydroxyl groups is 1. The molecule has 46 heavy (non-hydrogen) atoms. The zero-order valence-electron chi connectivity index (χ0n) is 27.5. The van der Waals surface area contributed by atoms with Crippen molar-refractivity contribution in [2.24, 2.45) is 32.7 Å². The first-order valence-electron chi connectivity index (χ1n) is 15.9. The largest absolute Gasteiger partial charge is 0.510 e. The van der Waals surface area contributed by atoms with Crippen LogP contribution in [-0.4, -0.2) is 47.9 Å². The molecule has 9 nitrogen and oxygen atoms in total. The quantitative estimate of drug-likeness (QED) is 0.310. The van der Waals surface area contributed by atoms with Gasteiger partial charge in [0.25, 0.3) is 0 Å². The summed E-state index contributed by atoms with van der Waals surface area (Å²) in [6.45, 7) is 16.4. The fourth-order valence-electron chi connectivity index (χ4n) is 7.28. The molecule has 6 rings (SSSR count). The minimum absolute atomic E-state index is 0.0804. The Morgan fingerprint density at radius 2 is 1.74 bits per heavy atom. The van der Waals surface area contributed by atoms with Gasteiger partial charge in [0.05, 0.1) is 47.9 Å². The molecule has 0 aromatic heterocycles. The Morgan fingerprint density at radius 1 is 1.02 bits per heavy atom. The van der Waals surface area contributed by atoms with Crippen LogP contribution in [0, 0.1) is 17.8 Å². The number of hydrogen-bond donors (Lipinski definition) is 2. The number of esters is 2. The Kier molecular flexibility index (Phi) is 8.04. The van der Waals surface area contributed by atoms with E-state index in [0.29, 0.717) is 35.6 Å². The first kappa shape index (κ1) is 31.2. The van der Waals surface area contributed by atoms with E-state index in [9.17, 15) is 14.7 Å². The molecule has 1 aliphatic carbocycles. The molecule has 2 N–H and O–H groups in total. The van der Waals surface area contributed by atoms with Crippen LogP contribution >= 0.6 is 0 Å². The molecule has 5 aliphatic heterocycles. The van der Waals surface area contributed by atoms with Crippen molar-refractivity contribution in [1.29, 1.82) is 0 Å². The topological polar surface area (TPSA) is 122 Å². The van der Waals surface area contributed by atoms with Gasteiger partial charge >= 0.3 is 11.9 Å². The lowest BCUT2D eigenvalue weighted by Gasteiger charge is -2.20. The summed E-state index contributed by atoms with van der Waals surface area (Å²) in [4.78, 5) is 41.0. The molecule has 1 fully saturated rings. The number of carbonyl (C=O) groups is 2. The first-order valence-corrected chi connectivity index (χ1v) is 15.9. The minimum Gasteiger partial charge on any atom is -0.510 e.